The Hall–Kier alpha value is -3.10. The third-order valence-corrected chi connectivity index (χ3v) is 5.63. The number of carbonyl (C=O) groups excluding carboxylic acids is 3. The molecule has 0 saturated carbocycles. The second-order valence-corrected chi connectivity index (χ2v) is 7.55. The van der Waals surface area contributed by atoms with Gasteiger partial charge in [-0.2, -0.15) is 0 Å². The third kappa shape index (κ3) is 3.01. The summed E-state index contributed by atoms with van der Waals surface area (Å²) < 4.78 is 4.92. The molecule has 9 heteroatoms. The van der Waals surface area contributed by atoms with Crippen molar-refractivity contribution in [3.8, 4) is 0 Å². The Morgan fingerprint density at radius 3 is 2.72 bits per heavy atom. The minimum atomic E-state index is -0.628. The van der Waals surface area contributed by atoms with Crippen molar-refractivity contribution in [2.24, 2.45) is 4.99 Å². The Morgan fingerprint density at radius 1 is 1.24 bits per heavy atom. The van der Waals surface area contributed by atoms with Crippen LogP contribution in [0.15, 0.2) is 23.2 Å². The van der Waals surface area contributed by atoms with Gasteiger partial charge in [0.25, 0.3) is 5.91 Å². The van der Waals surface area contributed by atoms with Gasteiger partial charge in [0.05, 0.1) is 6.61 Å². The van der Waals surface area contributed by atoms with Crippen LogP contribution >= 0.6 is 0 Å². The molecule has 2 unspecified atom stereocenters. The SMILES string of the molecule is CCOC(=O)CN1C(=O)C2C(N=C3N(c4cc(C)ccc4C)CCN32)N(C)C1=O. The molecule has 0 radical (unpaired) electrons. The lowest BCUT2D eigenvalue weighted by Crippen LogP contribution is -2.65. The van der Waals surface area contributed by atoms with Crippen molar-refractivity contribution in [1.29, 1.82) is 0 Å². The predicted molar refractivity (Wildman–Crippen MR) is 106 cm³/mol. The predicted octanol–water partition coefficient (Wildman–Crippen LogP) is 0.947. The zero-order valence-electron chi connectivity index (χ0n) is 17.1. The van der Waals surface area contributed by atoms with Gasteiger partial charge in [-0.05, 0) is 38.0 Å². The molecule has 2 fully saturated rings. The van der Waals surface area contributed by atoms with E-state index in [-0.39, 0.29) is 13.2 Å². The molecule has 0 aliphatic carbocycles. The number of likely N-dealkylation sites (N-methyl/N-ethyl adjacent to an activating group) is 1. The molecular formula is C20H25N5O4. The second kappa shape index (κ2) is 7.06. The Bertz CT molecular complexity index is 914. The van der Waals surface area contributed by atoms with Crippen LogP contribution in [0.3, 0.4) is 0 Å². The fourth-order valence-electron chi connectivity index (χ4n) is 4.16. The van der Waals surface area contributed by atoms with Crippen molar-refractivity contribution < 1.29 is 19.1 Å². The van der Waals surface area contributed by atoms with Crippen molar-refractivity contribution in [1.82, 2.24) is 14.7 Å². The molecular weight excluding hydrogens is 374 g/mol. The minimum absolute atomic E-state index is 0.196. The molecule has 0 spiro atoms. The van der Waals surface area contributed by atoms with Gasteiger partial charge in [-0.1, -0.05) is 12.1 Å². The van der Waals surface area contributed by atoms with Crippen molar-refractivity contribution in [3.05, 3.63) is 29.3 Å². The van der Waals surface area contributed by atoms with Gasteiger partial charge < -0.3 is 19.4 Å². The number of hydrogen-bond donors (Lipinski definition) is 0. The lowest BCUT2D eigenvalue weighted by Gasteiger charge is -2.40. The summed E-state index contributed by atoms with van der Waals surface area (Å²) in [6.45, 7) is 6.90. The molecule has 3 aliphatic rings. The number of aliphatic imine (C=N–C) groups is 1. The monoisotopic (exact) mass is 399 g/mol. The van der Waals surface area contributed by atoms with E-state index in [9.17, 15) is 14.4 Å². The van der Waals surface area contributed by atoms with E-state index >= 15 is 0 Å². The van der Waals surface area contributed by atoms with Crippen LogP contribution in [-0.4, -0.2) is 84.1 Å². The number of amides is 3. The van der Waals surface area contributed by atoms with Crippen molar-refractivity contribution in [2.75, 3.05) is 38.2 Å². The topological polar surface area (TPSA) is 85.8 Å². The van der Waals surface area contributed by atoms with Crippen LogP contribution in [0.1, 0.15) is 18.1 Å². The number of nitrogens with zero attached hydrogens (tertiary/aromatic N) is 5. The summed E-state index contributed by atoms with van der Waals surface area (Å²) in [5, 5.41) is 0. The van der Waals surface area contributed by atoms with E-state index in [4.69, 9.17) is 9.73 Å². The van der Waals surface area contributed by atoms with Crippen molar-refractivity contribution in [3.63, 3.8) is 0 Å². The smallest absolute Gasteiger partial charge is 0.328 e. The molecule has 29 heavy (non-hydrogen) atoms. The number of guanidine groups is 1. The average molecular weight is 399 g/mol. The molecule has 4 rings (SSSR count). The number of fused-ring (bicyclic) bond motifs is 3. The average Bonchev–Trinajstić information content (AvgIpc) is 3.25. The lowest BCUT2D eigenvalue weighted by atomic mass is 10.1. The minimum Gasteiger partial charge on any atom is -0.465 e. The fraction of sp³-hybridized carbons (Fsp3) is 0.500. The quantitative estimate of drug-likeness (QED) is 0.701. The summed E-state index contributed by atoms with van der Waals surface area (Å²) in [7, 11) is 1.61. The highest BCUT2D eigenvalue weighted by Crippen LogP contribution is 2.34. The summed E-state index contributed by atoms with van der Waals surface area (Å²) in [4.78, 5) is 48.9. The summed E-state index contributed by atoms with van der Waals surface area (Å²) in [6.07, 6.45) is -0.601. The second-order valence-electron chi connectivity index (χ2n) is 7.55. The van der Waals surface area contributed by atoms with Gasteiger partial charge in [-0.25, -0.2) is 9.79 Å². The molecule has 154 valence electrons. The number of esters is 1. The molecule has 0 bridgehead atoms. The maximum absolute atomic E-state index is 13.1. The molecule has 1 aromatic carbocycles. The van der Waals surface area contributed by atoms with E-state index in [2.05, 4.69) is 23.1 Å². The summed E-state index contributed by atoms with van der Waals surface area (Å²) in [5.41, 5.74) is 3.31. The van der Waals surface area contributed by atoms with E-state index in [0.29, 0.717) is 19.0 Å². The van der Waals surface area contributed by atoms with Gasteiger partial charge in [0.15, 0.2) is 12.2 Å². The van der Waals surface area contributed by atoms with Gasteiger partial charge in [0.1, 0.15) is 6.54 Å². The Kier molecular flexibility index (Phi) is 4.68. The van der Waals surface area contributed by atoms with Gasteiger partial charge in [-0.3, -0.25) is 14.5 Å². The standard InChI is InChI=1S/C20H25N5O4/c1-5-29-15(26)11-25-18(27)16-17(22(4)20(25)28)21-19-23(8-9-24(16)19)14-10-12(2)6-7-13(14)3/h6-7,10,16-17H,5,8-9,11H2,1-4H3. The Labute approximate surface area is 169 Å². The third-order valence-electron chi connectivity index (χ3n) is 5.63. The van der Waals surface area contributed by atoms with Crippen LogP contribution < -0.4 is 4.90 Å². The number of urea groups is 1. The Morgan fingerprint density at radius 2 is 2.00 bits per heavy atom. The van der Waals surface area contributed by atoms with Crippen LogP contribution in [-0.2, 0) is 14.3 Å². The van der Waals surface area contributed by atoms with Gasteiger partial charge in [-0.15, -0.1) is 0 Å². The van der Waals surface area contributed by atoms with Crippen LogP contribution in [0.5, 0.6) is 0 Å². The van der Waals surface area contributed by atoms with E-state index < -0.39 is 30.1 Å². The van der Waals surface area contributed by atoms with E-state index in [1.165, 1.54) is 4.90 Å². The number of carbonyl (C=O) groups is 3. The first kappa shape index (κ1) is 19.2. The number of aryl methyl sites for hydroxylation is 2. The fourth-order valence-corrected chi connectivity index (χ4v) is 4.16. The zero-order chi connectivity index (χ0) is 20.9. The molecule has 3 aliphatic heterocycles. The van der Waals surface area contributed by atoms with Crippen LogP contribution in [0.2, 0.25) is 0 Å². The van der Waals surface area contributed by atoms with Gasteiger partial charge >= 0.3 is 12.0 Å². The van der Waals surface area contributed by atoms with E-state index in [0.717, 1.165) is 21.7 Å². The molecule has 9 nitrogen and oxygen atoms in total. The number of rotatable bonds is 4. The molecule has 2 atom stereocenters. The Balaban J connectivity index is 1.64. The number of benzene rings is 1. The van der Waals surface area contributed by atoms with Crippen molar-refractivity contribution >= 4 is 29.6 Å². The largest absolute Gasteiger partial charge is 0.465 e. The van der Waals surface area contributed by atoms with Gasteiger partial charge in [0, 0.05) is 25.8 Å². The molecule has 3 amide bonds. The highest BCUT2D eigenvalue weighted by Gasteiger charge is 2.55. The molecule has 0 N–H and O–H groups in total. The first-order valence-corrected chi connectivity index (χ1v) is 9.76. The van der Waals surface area contributed by atoms with Crippen molar-refractivity contribution in [2.45, 2.75) is 33.0 Å². The number of anilines is 1. The zero-order valence-corrected chi connectivity index (χ0v) is 17.1. The van der Waals surface area contributed by atoms with Crippen LogP contribution in [0, 0.1) is 13.8 Å². The van der Waals surface area contributed by atoms with E-state index in [1.54, 1.807) is 14.0 Å². The number of ether oxygens (including phenoxy) is 1. The maximum atomic E-state index is 13.1. The summed E-state index contributed by atoms with van der Waals surface area (Å²) in [6, 6.07) is 5.07. The molecule has 3 heterocycles. The molecule has 1 aromatic rings. The summed E-state index contributed by atoms with van der Waals surface area (Å²) in [5.74, 6) is -0.314. The van der Waals surface area contributed by atoms with E-state index in [1.807, 2.05) is 18.7 Å². The summed E-state index contributed by atoms with van der Waals surface area (Å²) >= 11 is 0. The lowest BCUT2D eigenvalue weighted by molar-refractivity contribution is -0.150. The van der Waals surface area contributed by atoms with Gasteiger partial charge in [0.2, 0.25) is 5.96 Å². The molecule has 2 saturated heterocycles. The van der Waals surface area contributed by atoms with Crippen LogP contribution in [0.25, 0.3) is 0 Å². The maximum Gasteiger partial charge on any atom is 0.328 e. The normalized spacial score (nSPS) is 23.4. The highest BCUT2D eigenvalue weighted by molar-refractivity contribution is 6.09. The first-order valence-electron chi connectivity index (χ1n) is 9.76. The number of hydrogen-bond acceptors (Lipinski definition) is 7. The highest BCUT2D eigenvalue weighted by atomic mass is 16.5. The molecule has 0 aromatic heterocycles. The number of imide groups is 1. The van der Waals surface area contributed by atoms with Crippen LogP contribution in [0.4, 0.5) is 10.5 Å². The first-order chi connectivity index (χ1) is 13.8.